The maximum atomic E-state index is 12.9. The van der Waals surface area contributed by atoms with Gasteiger partial charge in [0, 0.05) is 24.0 Å². The molecule has 0 aliphatic heterocycles. The Morgan fingerprint density at radius 3 is 2.69 bits per heavy atom. The summed E-state index contributed by atoms with van der Waals surface area (Å²) in [7, 11) is 1.57. The number of methoxy groups -OCH3 is 1. The van der Waals surface area contributed by atoms with Crippen LogP contribution in [0.15, 0.2) is 48.7 Å². The third-order valence-electron chi connectivity index (χ3n) is 5.23. The molecule has 7 nitrogen and oxygen atoms in total. The van der Waals surface area contributed by atoms with Crippen molar-refractivity contribution in [2.45, 2.75) is 38.1 Å². The van der Waals surface area contributed by atoms with Crippen molar-refractivity contribution >= 4 is 23.0 Å². The zero-order valence-electron chi connectivity index (χ0n) is 16.4. The van der Waals surface area contributed by atoms with E-state index in [4.69, 9.17) is 4.74 Å². The van der Waals surface area contributed by atoms with Gasteiger partial charge in [-0.15, -0.1) is 0 Å². The number of nitrogens with zero attached hydrogens (tertiary/aromatic N) is 2. The summed E-state index contributed by atoms with van der Waals surface area (Å²) in [5.41, 5.74) is 1.39. The van der Waals surface area contributed by atoms with Gasteiger partial charge in [0.15, 0.2) is 5.69 Å². The Morgan fingerprint density at radius 1 is 1.07 bits per heavy atom. The van der Waals surface area contributed by atoms with Crippen LogP contribution in [0, 0.1) is 0 Å². The summed E-state index contributed by atoms with van der Waals surface area (Å²) in [6, 6.07) is 12.7. The van der Waals surface area contributed by atoms with Crippen LogP contribution in [0.25, 0.3) is 5.52 Å². The van der Waals surface area contributed by atoms with E-state index < -0.39 is 0 Å². The van der Waals surface area contributed by atoms with Gasteiger partial charge in [-0.3, -0.25) is 14.0 Å². The van der Waals surface area contributed by atoms with Crippen LogP contribution in [0.3, 0.4) is 0 Å². The van der Waals surface area contributed by atoms with E-state index in [2.05, 4.69) is 15.6 Å². The fourth-order valence-corrected chi connectivity index (χ4v) is 3.75. The molecule has 1 saturated carbocycles. The second-order valence-electron chi connectivity index (χ2n) is 7.23. The summed E-state index contributed by atoms with van der Waals surface area (Å²) >= 11 is 0. The summed E-state index contributed by atoms with van der Waals surface area (Å²) in [6.07, 6.45) is 7.19. The second kappa shape index (κ2) is 8.34. The number of nitrogens with one attached hydrogen (secondary N) is 2. The standard InChI is InChI=1S/C22H24N4O3/c1-29-17-11-7-10-16(14-17)24-21(27)19-18-12-5-6-13-26(18)20(25-19)22(28)23-15-8-3-2-4-9-15/h5-7,10-15H,2-4,8-9H2,1H3,(H,23,28)(H,24,27). The molecule has 1 aliphatic carbocycles. The first kappa shape index (κ1) is 19.0. The minimum absolute atomic E-state index is 0.168. The minimum Gasteiger partial charge on any atom is -0.497 e. The number of benzene rings is 1. The van der Waals surface area contributed by atoms with Gasteiger partial charge >= 0.3 is 0 Å². The smallest absolute Gasteiger partial charge is 0.287 e. The first-order chi connectivity index (χ1) is 14.2. The fraction of sp³-hybridized carbons (Fsp3) is 0.318. The summed E-state index contributed by atoms with van der Waals surface area (Å²) in [5.74, 6) is 0.240. The SMILES string of the molecule is COc1cccc(NC(=O)c2nc(C(=O)NC3CCCCC3)n3ccccc23)c1. The van der Waals surface area contributed by atoms with Crippen molar-refractivity contribution in [2.24, 2.45) is 0 Å². The van der Waals surface area contributed by atoms with Crippen LogP contribution < -0.4 is 15.4 Å². The molecular weight excluding hydrogens is 368 g/mol. The minimum atomic E-state index is -0.376. The van der Waals surface area contributed by atoms with E-state index in [1.807, 2.05) is 12.1 Å². The Kier molecular flexibility index (Phi) is 5.46. The molecule has 2 N–H and O–H groups in total. The summed E-state index contributed by atoms with van der Waals surface area (Å²) in [6.45, 7) is 0. The average molecular weight is 392 g/mol. The Balaban J connectivity index is 1.61. The van der Waals surface area contributed by atoms with Crippen molar-refractivity contribution in [2.75, 3.05) is 12.4 Å². The topological polar surface area (TPSA) is 84.7 Å². The number of amides is 2. The second-order valence-corrected chi connectivity index (χ2v) is 7.23. The van der Waals surface area contributed by atoms with Gasteiger partial charge in [0.25, 0.3) is 11.8 Å². The molecule has 0 radical (unpaired) electrons. The average Bonchev–Trinajstić information content (AvgIpc) is 3.15. The van der Waals surface area contributed by atoms with E-state index in [1.54, 1.807) is 48.0 Å². The number of ether oxygens (including phenoxy) is 1. The van der Waals surface area contributed by atoms with Crippen molar-refractivity contribution < 1.29 is 14.3 Å². The monoisotopic (exact) mass is 392 g/mol. The molecule has 150 valence electrons. The van der Waals surface area contributed by atoms with E-state index in [0.29, 0.717) is 17.0 Å². The van der Waals surface area contributed by atoms with Crippen LogP contribution in [-0.2, 0) is 0 Å². The van der Waals surface area contributed by atoms with E-state index in [9.17, 15) is 9.59 Å². The van der Waals surface area contributed by atoms with Crippen molar-refractivity contribution in [3.05, 3.63) is 60.2 Å². The molecule has 3 aromatic rings. The zero-order chi connectivity index (χ0) is 20.2. The Bertz CT molecular complexity index is 1040. The van der Waals surface area contributed by atoms with Gasteiger partial charge in [0.2, 0.25) is 5.82 Å². The molecular formula is C22H24N4O3. The number of anilines is 1. The molecule has 29 heavy (non-hydrogen) atoms. The van der Waals surface area contributed by atoms with Crippen LogP contribution >= 0.6 is 0 Å². The van der Waals surface area contributed by atoms with E-state index in [0.717, 1.165) is 25.7 Å². The summed E-state index contributed by atoms with van der Waals surface area (Å²) in [4.78, 5) is 30.2. The predicted octanol–water partition coefficient (Wildman–Crippen LogP) is 3.66. The third kappa shape index (κ3) is 4.08. The molecule has 0 saturated heterocycles. The number of fused-ring (bicyclic) bond motifs is 1. The van der Waals surface area contributed by atoms with Crippen LogP contribution in [0.1, 0.15) is 53.2 Å². The van der Waals surface area contributed by atoms with Crippen molar-refractivity contribution in [3.63, 3.8) is 0 Å². The predicted molar refractivity (Wildman–Crippen MR) is 110 cm³/mol. The third-order valence-corrected chi connectivity index (χ3v) is 5.23. The lowest BCUT2D eigenvalue weighted by atomic mass is 9.95. The number of pyridine rings is 1. The molecule has 0 unspecified atom stereocenters. The number of carbonyl (C=O) groups excluding carboxylic acids is 2. The molecule has 0 bridgehead atoms. The van der Waals surface area contributed by atoms with Gasteiger partial charge in [-0.2, -0.15) is 0 Å². The first-order valence-corrected chi connectivity index (χ1v) is 9.89. The fourth-order valence-electron chi connectivity index (χ4n) is 3.75. The van der Waals surface area contributed by atoms with Crippen molar-refractivity contribution in [1.82, 2.24) is 14.7 Å². The quantitative estimate of drug-likeness (QED) is 0.694. The molecule has 4 rings (SSSR count). The van der Waals surface area contributed by atoms with Gasteiger partial charge in [0.1, 0.15) is 5.75 Å². The molecule has 2 amide bonds. The van der Waals surface area contributed by atoms with Crippen LogP contribution in [0.5, 0.6) is 5.75 Å². The lowest BCUT2D eigenvalue weighted by Gasteiger charge is -2.22. The molecule has 2 heterocycles. The van der Waals surface area contributed by atoms with Gasteiger partial charge < -0.3 is 15.4 Å². The van der Waals surface area contributed by atoms with Crippen LogP contribution in [0.2, 0.25) is 0 Å². The maximum Gasteiger partial charge on any atom is 0.287 e. The van der Waals surface area contributed by atoms with Crippen LogP contribution in [-0.4, -0.2) is 34.4 Å². The van der Waals surface area contributed by atoms with E-state index >= 15 is 0 Å². The molecule has 2 aromatic heterocycles. The number of imidazole rings is 1. The highest BCUT2D eigenvalue weighted by Gasteiger charge is 2.24. The Hall–Kier alpha value is -3.35. The Morgan fingerprint density at radius 2 is 1.90 bits per heavy atom. The van der Waals surface area contributed by atoms with E-state index in [-0.39, 0.29) is 29.4 Å². The van der Waals surface area contributed by atoms with Crippen molar-refractivity contribution in [3.8, 4) is 5.75 Å². The van der Waals surface area contributed by atoms with Crippen molar-refractivity contribution in [1.29, 1.82) is 0 Å². The number of carbonyl (C=O) groups is 2. The van der Waals surface area contributed by atoms with Gasteiger partial charge in [-0.25, -0.2) is 4.98 Å². The molecule has 0 atom stereocenters. The number of aromatic nitrogens is 2. The number of hydrogen-bond acceptors (Lipinski definition) is 4. The van der Waals surface area contributed by atoms with Gasteiger partial charge in [-0.05, 0) is 37.1 Å². The highest BCUT2D eigenvalue weighted by molar-refractivity contribution is 6.09. The highest BCUT2D eigenvalue weighted by Crippen LogP contribution is 2.21. The molecule has 1 aliphatic rings. The first-order valence-electron chi connectivity index (χ1n) is 9.89. The normalized spacial score (nSPS) is 14.5. The van der Waals surface area contributed by atoms with Gasteiger partial charge in [0.05, 0.1) is 12.6 Å². The highest BCUT2D eigenvalue weighted by atomic mass is 16.5. The molecule has 0 spiro atoms. The number of hydrogen-bond donors (Lipinski definition) is 2. The largest absolute Gasteiger partial charge is 0.497 e. The lowest BCUT2D eigenvalue weighted by Crippen LogP contribution is -2.37. The van der Waals surface area contributed by atoms with Crippen LogP contribution in [0.4, 0.5) is 5.69 Å². The molecule has 1 fully saturated rings. The maximum absolute atomic E-state index is 12.9. The Labute approximate surface area is 169 Å². The van der Waals surface area contributed by atoms with Gasteiger partial charge in [-0.1, -0.05) is 31.4 Å². The lowest BCUT2D eigenvalue weighted by molar-refractivity contribution is 0.0916. The summed E-state index contributed by atoms with van der Waals surface area (Å²) in [5, 5.41) is 5.91. The number of rotatable bonds is 5. The van der Waals surface area contributed by atoms with E-state index in [1.165, 1.54) is 6.42 Å². The zero-order valence-corrected chi connectivity index (χ0v) is 16.4. The molecule has 7 heteroatoms. The summed E-state index contributed by atoms with van der Waals surface area (Å²) < 4.78 is 6.86. The molecule has 1 aromatic carbocycles.